The van der Waals surface area contributed by atoms with E-state index < -0.39 is 0 Å². The van der Waals surface area contributed by atoms with Crippen LogP contribution in [0.4, 0.5) is 5.69 Å². The van der Waals surface area contributed by atoms with Crippen molar-refractivity contribution in [3.05, 3.63) is 18.2 Å². The van der Waals surface area contributed by atoms with E-state index in [1.54, 1.807) is 0 Å². The highest BCUT2D eigenvalue weighted by Crippen LogP contribution is 2.45. The average molecular weight is 234 g/mol. The molecule has 0 spiro atoms. The lowest BCUT2D eigenvalue weighted by Crippen LogP contribution is -2.26. The molecule has 1 aliphatic carbocycles. The van der Waals surface area contributed by atoms with Gasteiger partial charge in [-0.05, 0) is 32.0 Å². The summed E-state index contributed by atoms with van der Waals surface area (Å²) in [7, 11) is 2.01. The van der Waals surface area contributed by atoms with Crippen molar-refractivity contribution in [2.24, 2.45) is 5.41 Å². The topological polar surface area (TPSA) is 42.5 Å². The Kier molecular flexibility index (Phi) is 2.59. The molecule has 3 rings (SSSR count). The molecule has 0 amide bonds. The minimum absolute atomic E-state index is 0.336. The zero-order valence-corrected chi connectivity index (χ0v) is 10.1. The summed E-state index contributed by atoms with van der Waals surface area (Å²) in [4.78, 5) is 0. The molecule has 1 aromatic rings. The van der Waals surface area contributed by atoms with Gasteiger partial charge in [0.05, 0.1) is 0 Å². The number of fused-ring (bicyclic) bond motifs is 1. The van der Waals surface area contributed by atoms with Crippen molar-refractivity contribution in [1.82, 2.24) is 5.32 Å². The maximum atomic E-state index is 5.36. The Morgan fingerprint density at radius 2 is 2.00 bits per heavy atom. The van der Waals surface area contributed by atoms with E-state index in [4.69, 9.17) is 9.47 Å². The van der Waals surface area contributed by atoms with Crippen molar-refractivity contribution < 1.29 is 9.47 Å². The number of rotatable bonds is 5. The molecule has 0 unspecified atom stereocenters. The van der Waals surface area contributed by atoms with Crippen LogP contribution in [0.25, 0.3) is 0 Å². The molecule has 2 N–H and O–H groups in total. The fourth-order valence-corrected chi connectivity index (χ4v) is 2.26. The molecule has 1 saturated carbocycles. The molecule has 92 valence electrons. The van der Waals surface area contributed by atoms with E-state index in [0.717, 1.165) is 30.3 Å². The van der Waals surface area contributed by atoms with Crippen molar-refractivity contribution in [3.63, 3.8) is 0 Å². The quantitative estimate of drug-likeness (QED) is 0.815. The molecule has 4 nitrogen and oxygen atoms in total. The maximum Gasteiger partial charge on any atom is 0.231 e. The van der Waals surface area contributed by atoms with E-state index >= 15 is 0 Å². The second kappa shape index (κ2) is 4.11. The van der Waals surface area contributed by atoms with Crippen LogP contribution < -0.4 is 20.1 Å². The van der Waals surface area contributed by atoms with Crippen LogP contribution in [0, 0.1) is 5.41 Å². The zero-order chi connectivity index (χ0) is 11.7. The van der Waals surface area contributed by atoms with Gasteiger partial charge >= 0.3 is 0 Å². The highest BCUT2D eigenvalue weighted by atomic mass is 16.7. The second-order valence-corrected chi connectivity index (χ2v) is 4.95. The molecule has 4 heteroatoms. The van der Waals surface area contributed by atoms with Crippen molar-refractivity contribution >= 4 is 5.69 Å². The van der Waals surface area contributed by atoms with E-state index in [1.165, 1.54) is 12.8 Å². The molecule has 0 atom stereocenters. The molecule has 0 radical (unpaired) electrons. The maximum absolute atomic E-state index is 5.36. The third-order valence-electron chi connectivity index (χ3n) is 3.55. The Hall–Kier alpha value is -1.42. The Labute approximate surface area is 101 Å². The molecule has 1 aliphatic heterocycles. The van der Waals surface area contributed by atoms with E-state index in [1.807, 2.05) is 25.2 Å². The van der Waals surface area contributed by atoms with Gasteiger partial charge in [-0.1, -0.05) is 0 Å². The highest BCUT2D eigenvalue weighted by molar-refractivity contribution is 5.55. The zero-order valence-electron chi connectivity index (χ0n) is 10.1. The first-order valence-electron chi connectivity index (χ1n) is 6.09. The Morgan fingerprint density at radius 1 is 1.18 bits per heavy atom. The predicted octanol–water partition coefficient (Wildman–Crippen LogP) is 1.83. The molecule has 0 saturated heterocycles. The van der Waals surface area contributed by atoms with Gasteiger partial charge in [-0.25, -0.2) is 0 Å². The monoisotopic (exact) mass is 234 g/mol. The van der Waals surface area contributed by atoms with Crippen LogP contribution in [0.15, 0.2) is 18.2 Å². The first kappa shape index (κ1) is 10.7. The summed E-state index contributed by atoms with van der Waals surface area (Å²) in [5, 5.41) is 6.75. The Morgan fingerprint density at radius 3 is 2.76 bits per heavy atom. The van der Waals surface area contributed by atoms with Crippen molar-refractivity contribution in [2.45, 2.75) is 12.8 Å². The van der Waals surface area contributed by atoms with Gasteiger partial charge in [0.25, 0.3) is 0 Å². The van der Waals surface area contributed by atoms with Gasteiger partial charge in [0.2, 0.25) is 6.79 Å². The fraction of sp³-hybridized carbons (Fsp3) is 0.538. The average Bonchev–Trinajstić information content (AvgIpc) is 2.95. The molecule has 1 fully saturated rings. The lowest BCUT2D eigenvalue weighted by atomic mass is 10.1. The first-order valence-corrected chi connectivity index (χ1v) is 6.09. The largest absolute Gasteiger partial charge is 0.454 e. The predicted molar refractivity (Wildman–Crippen MR) is 66.6 cm³/mol. The van der Waals surface area contributed by atoms with E-state index in [2.05, 4.69) is 10.6 Å². The summed E-state index contributed by atoms with van der Waals surface area (Å²) in [5.41, 5.74) is 1.57. The smallest absolute Gasteiger partial charge is 0.231 e. The lowest BCUT2D eigenvalue weighted by Gasteiger charge is -2.16. The number of anilines is 1. The normalized spacial score (nSPS) is 19.1. The summed E-state index contributed by atoms with van der Waals surface area (Å²) < 4.78 is 10.6. The Bertz CT molecular complexity index is 416. The molecular formula is C13H18N2O2. The molecule has 1 aromatic carbocycles. The molecule has 0 bridgehead atoms. The van der Waals surface area contributed by atoms with Gasteiger partial charge in [-0.2, -0.15) is 0 Å². The summed E-state index contributed by atoms with van der Waals surface area (Å²) >= 11 is 0. The van der Waals surface area contributed by atoms with Crippen LogP contribution in [0.1, 0.15) is 12.8 Å². The van der Waals surface area contributed by atoms with Crippen molar-refractivity contribution in [3.8, 4) is 11.5 Å². The van der Waals surface area contributed by atoms with Gasteiger partial charge in [0.15, 0.2) is 11.5 Å². The summed E-state index contributed by atoms with van der Waals surface area (Å²) in [6.45, 7) is 2.44. The molecule has 0 aromatic heterocycles. The number of benzene rings is 1. The van der Waals surface area contributed by atoms with Crippen molar-refractivity contribution in [2.75, 3.05) is 32.2 Å². The molecular weight excluding hydrogens is 216 g/mol. The van der Waals surface area contributed by atoms with Gasteiger partial charge in [0, 0.05) is 30.3 Å². The van der Waals surface area contributed by atoms with Crippen LogP contribution in [0.2, 0.25) is 0 Å². The minimum Gasteiger partial charge on any atom is -0.454 e. The van der Waals surface area contributed by atoms with Gasteiger partial charge in [0.1, 0.15) is 0 Å². The Balaban J connectivity index is 1.62. The van der Waals surface area contributed by atoms with Crippen LogP contribution in [-0.4, -0.2) is 26.9 Å². The number of ether oxygens (including phenoxy) is 2. The summed E-state index contributed by atoms with van der Waals surface area (Å²) in [6, 6.07) is 6.02. The lowest BCUT2D eigenvalue weighted by molar-refractivity contribution is 0.174. The van der Waals surface area contributed by atoms with Crippen LogP contribution in [-0.2, 0) is 0 Å². The van der Waals surface area contributed by atoms with Crippen LogP contribution in [0.5, 0.6) is 11.5 Å². The highest BCUT2D eigenvalue weighted by Gasteiger charge is 2.41. The summed E-state index contributed by atoms with van der Waals surface area (Å²) in [6.07, 6.45) is 2.62. The minimum atomic E-state index is 0.336. The van der Waals surface area contributed by atoms with Gasteiger partial charge in [-0.15, -0.1) is 0 Å². The van der Waals surface area contributed by atoms with E-state index in [-0.39, 0.29) is 0 Å². The van der Waals surface area contributed by atoms with E-state index in [9.17, 15) is 0 Å². The SMILES string of the molecule is CNCC1(CNc2ccc3c(c2)OCO3)CC1. The number of hydrogen-bond donors (Lipinski definition) is 2. The van der Waals surface area contributed by atoms with Crippen LogP contribution >= 0.6 is 0 Å². The third kappa shape index (κ3) is 2.17. The van der Waals surface area contributed by atoms with Crippen LogP contribution in [0.3, 0.4) is 0 Å². The summed E-state index contributed by atoms with van der Waals surface area (Å²) in [5.74, 6) is 1.68. The standard InChI is InChI=1S/C13H18N2O2/c1-14-7-13(4-5-13)8-15-10-2-3-11-12(6-10)17-9-16-11/h2-3,6,14-15H,4-5,7-9H2,1H3. The number of hydrogen-bond acceptors (Lipinski definition) is 4. The number of nitrogens with one attached hydrogen (secondary N) is 2. The first-order chi connectivity index (χ1) is 8.31. The molecule has 2 aliphatic rings. The second-order valence-electron chi connectivity index (χ2n) is 4.95. The van der Waals surface area contributed by atoms with E-state index in [0.29, 0.717) is 12.2 Å². The third-order valence-corrected chi connectivity index (χ3v) is 3.55. The van der Waals surface area contributed by atoms with Gasteiger partial charge in [-0.3, -0.25) is 0 Å². The molecule has 17 heavy (non-hydrogen) atoms. The fourth-order valence-electron chi connectivity index (χ4n) is 2.26. The van der Waals surface area contributed by atoms with Gasteiger partial charge < -0.3 is 20.1 Å². The molecule has 1 heterocycles. The van der Waals surface area contributed by atoms with Crippen molar-refractivity contribution in [1.29, 1.82) is 0 Å².